The molecule has 118 valence electrons. The predicted octanol–water partition coefficient (Wildman–Crippen LogP) is 3.99. The molecule has 0 bridgehead atoms. The van der Waals surface area contributed by atoms with Crippen LogP contribution in [0.15, 0.2) is 17.5 Å². The second kappa shape index (κ2) is 8.17. The van der Waals surface area contributed by atoms with Crippen LogP contribution in [0.2, 0.25) is 0 Å². The molecule has 0 spiro atoms. The molecule has 1 unspecified atom stereocenters. The van der Waals surface area contributed by atoms with Crippen LogP contribution in [-0.2, 0) is 9.59 Å². The molecular formula is C16H25NO3S. The van der Waals surface area contributed by atoms with Crippen molar-refractivity contribution in [2.45, 2.75) is 58.9 Å². The van der Waals surface area contributed by atoms with Crippen molar-refractivity contribution < 1.29 is 14.7 Å². The fourth-order valence-corrected chi connectivity index (χ4v) is 3.31. The fourth-order valence-electron chi connectivity index (χ4n) is 2.49. The SMILES string of the molecule is CCCC(NC(=O)CC(CC)(CC)C(=O)O)c1cccs1. The molecule has 0 saturated carbocycles. The van der Waals surface area contributed by atoms with E-state index in [0.29, 0.717) is 12.8 Å². The number of thiophene rings is 1. The molecule has 0 aromatic carbocycles. The van der Waals surface area contributed by atoms with E-state index in [9.17, 15) is 14.7 Å². The number of amides is 1. The summed E-state index contributed by atoms with van der Waals surface area (Å²) in [4.78, 5) is 24.9. The molecule has 0 aliphatic carbocycles. The summed E-state index contributed by atoms with van der Waals surface area (Å²) >= 11 is 1.62. The van der Waals surface area contributed by atoms with Gasteiger partial charge in [-0.15, -0.1) is 11.3 Å². The van der Waals surface area contributed by atoms with Crippen LogP contribution < -0.4 is 5.32 Å². The molecule has 2 N–H and O–H groups in total. The first-order valence-corrected chi connectivity index (χ1v) is 8.43. The number of hydrogen-bond acceptors (Lipinski definition) is 3. The summed E-state index contributed by atoms with van der Waals surface area (Å²) in [6.07, 6.45) is 2.80. The zero-order valence-corrected chi connectivity index (χ0v) is 13.8. The lowest BCUT2D eigenvalue weighted by atomic mass is 9.79. The Morgan fingerprint density at radius 2 is 2.00 bits per heavy atom. The Kier molecular flexibility index (Phi) is 6.89. The Bertz CT molecular complexity index is 452. The topological polar surface area (TPSA) is 66.4 Å². The third-order valence-electron chi connectivity index (χ3n) is 4.11. The van der Waals surface area contributed by atoms with Crippen molar-refractivity contribution in [2.75, 3.05) is 0 Å². The average Bonchev–Trinajstić information content (AvgIpc) is 2.98. The Morgan fingerprint density at radius 3 is 2.43 bits per heavy atom. The van der Waals surface area contributed by atoms with Crippen molar-refractivity contribution >= 4 is 23.2 Å². The molecule has 1 aromatic rings. The molecular weight excluding hydrogens is 286 g/mol. The van der Waals surface area contributed by atoms with Gasteiger partial charge in [-0.3, -0.25) is 9.59 Å². The van der Waals surface area contributed by atoms with E-state index in [-0.39, 0.29) is 18.4 Å². The highest BCUT2D eigenvalue weighted by Gasteiger charge is 2.37. The molecule has 21 heavy (non-hydrogen) atoms. The molecule has 0 aliphatic heterocycles. The number of rotatable bonds is 9. The zero-order valence-electron chi connectivity index (χ0n) is 13.0. The van der Waals surface area contributed by atoms with E-state index in [4.69, 9.17) is 0 Å². The van der Waals surface area contributed by atoms with Crippen LogP contribution >= 0.6 is 11.3 Å². The Balaban J connectivity index is 2.76. The maximum absolute atomic E-state index is 12.3. The predicted molar refractivity (Wildman–Crippen MR) is 85.4 cm³/mol. The number of hydrogen-bond donors (Lipinski definition) is 2. The van der Waals surface area contributed by atoms with Gasteiger partial charge in [-0.05, 0) is 30.7 Å². The van der Waals surface area contributed by atoms with E-state index in [0.717, 1.165) is 17.7 Å². The third kappa shape index (κ3) is 4.56. The van der Waals surface area contributed by atoms with Gasteiger partial charge in [0.05, 0.1) is 11.5 Å². The first-order valence-electron chi connectivity index (χ1n) is 7.55. The largest absolute Gasteiger partial charge is 0.481 e. The minimum atomic E-state index is -0.948. The average molecular weight is 311 g/mol. The van der Waals surface area contributed by atoms with Gasteiger partial charge in [0, 0.05) is 11.3 Å². The van der Waals surface area contributed by atoms with Gasteiger partial charge in [0.25, 0.3) is 0 Å². The Morgan fingerprint density at radius 1 is 1.33 bits per heavy atom. The van der Waals surface area contributed by atoms with Crippen molar-refractivity contribution in [1.82, 2.24) is 5.32 Å². The molecule has 4 nitrogen and oxygen atoms in total. The lowest BCUT2D eigenvalue weighted by Crippen LogP contribution is -2.38. The fraction of sp³-hybridized carbons (Fsp3) is 0.625. The maximum Gasteiger partial charge on any atom is 0.310 e. The van der Waals surface area contributed by atoms with Crippen molar-refractivity contribution in [3.8, 4) is 0 Å². The second-order valence-corrected chi connectivity index (χ2v) is 6.37. The number of carboxylic acids is 1. The van der Waals surface area contributed by atoms with Crippen LogP contribution in [0, 0.1) is 5.41 Å². The quantitative estimate of drug-likeness (QED) is 0.724. The minimum absolute atomic E-state index is 0.0114. The molecule has 5 heteroatoms. The molecule has 1 amide bonds. The van der Waals surface area contributed by atoms with Crippen LogP contribution in [0.3, 0.4) is 0 Å². The summed E-state index contributed by atoms with van der Waals surface area (Å²) in [5, 5.41) is 14.4. The first-order chi connectivity index (χ1) is 9.99. The standard InChI is InChI=1S/C16H25NO3S/c1-4-8-12(13-9-7-10-21-13)17-14(18)11-16(5-2,6-3)15(19)20/h7,9-10,12H,4-6,8,11H2,1-3H3,(H,17,18)(H,19,20). The van der Waals surface area contributed by atoms with Gasteiger partial charge in [0.1, 0.15) is 0 Å². The summed E-state index contributed by atoms with van der Waals surface area (Å²) in [7, 11) is 0. The Hall–Kier alpha value is -1.36. The van der Waals surface area contributed by atoms with Gasteiger partial charge in [-0.2, -0.15) is 0 Å². The van der Waals surface area contributed by atoms with Crippen LogP contribution in [0.5, 0.6) is 0 Å². The van der Waals surface area contributed by atoms with Crippen molar-refractivity contribution in [3.63, 3.8) is 0 Å². The lowest BCUT2D eigenvalue weighted by Gasteiger charge is -2.27. The van der Waals surface area contributed by atoms with E-state index in [1.54, 1.807) is 11.3 Å². The van der Waals surface area contributed by atoms with Crippen molar-refractivity contribution in [2.24, 2.45) is 5.41 Å². The van der Waals surface area contributed by atoms with Gasteiger partial charge >= 0.3 is 5.97 Å². The van der Waals surface area contributed by atoms with Gasteiger partial charge < -0.3 is 10.4 Å². The first kappa shape index (κ1) is 17.7. The lowest BCUT2D eigenvalue weighted by molar-refractivity contribution is -0.152. The number of carbonyl (C=O) groups is 2. The number of nitrogens with one attached hydrogen (secondary N) is 1. The van der Waals surface area contributed by atoms with Gasteiger partial charge in [0.2, 0.25) is 5.91 Å². The van der Waals surface area contributed by atoms with Crippen LogP contribution in [0.1, 0.15) is 63.8 Å². The van der Waals surface area contributed by atoms with Crippen molar-refractivity contribution in [3.05, 3.63) is 22.4 Å². The van der Waals surface area contributed by atoms with Gasteiger partial charge in [0.15, 0.2) is 0 Å². The van der Waals surface area contributed by atoms with Crippen molar-refractivity contribution in [1.29, 1.82) is 0 Å². The summed E-state index contributed by atoms with van der Waals surface area (Å²) in [5.74, 6) is -1.06. The number of carboxylic acid groups (broad SMARTS) is 1. The summed E-state index contributed by atoms with van der Waals surface area (Å²) in [6.45, 7) is 5.73. The van der Waals surface area contributed by atoms with Crippen LogP contribution in [-0.4, -0.2) is 17.0 Å². The highest BCUT2D eigenvalue weighted by Crippen LogP contribution is 2.32. The summed E-state index contributed by atoms with van der Waals surface area (Å²) in [6, 6.07) is 3.96. The highest BCUT2D eigenvalue weighted by molar-refractivity contribution is 7.10. The minimum Gasteiger partial charge on any atom is -0.481 e. The van der Waals surface area contributed by atoms with Gasteiger partial charge in [-0.1, -0.05) is 33.3 Å². The van der Waals surface area contributed by atoms with Crippen LogP contribution in [0.4, 0.5) is 0 Å². The molecule has 0 saturated heterocycles. The van der Waals surface area contributed by atoms with E-state index < -0.39 is 11.4 Å². The zero-order chi connectivity index (χ0) is 15.9. The molecule has 1 atom stereocenters. The molecule has 0 radical (unpaired) electrons. The van der Waals surface area contributed by atoms with E-state index in [1.165, 1.54) is 0 Å². The smallest absolute Gasteiger partial charge is 0.310 e. The molecule has 1 rings (SSSR count). The molecule has 1 heterocycles. The molecule has 0 fully saturated rings. The summed E-state index contributed by atoms with van der Waals surface area (Å²) in [5.41, 5.74) is -0.948. The second-order valence-electron chi connectivity index (χ2n) is 5.39. The monoisotopic (exact) mass is 311 g/mol. The van der Waals surface area contributed by atoms with E-state index in [2.05, 4.69) is 12.2 Å². The highest BCUT2D eigenvalue weighted by atomic mass is 32.1. The molecule has 1 aromatic heterocycles. The maximum atomic E-state index is 12.3. The number of carbonyl (C=O) groups excluding carboxylic acids is 1. The third-order valence-corrected chi connectivity index (χ3v) is 5.09. The molecule has 0 aliphatic rings. The van der Waals surface area contributed by atoms with Gasteiger partial charge in [-0.25, -0.2) is 0 Å². The van der Waals surface area contributed by atoms with E-state index >= 15 is 0 Å². The van der Waals surface area contributed by atoms with E-state index in [1.807, 2.05) is 31.4 Å². The van der Waals surface area contributed by atoms with Crippen LogP contribution in [0.25, 0.3) is 0 Å². The number of aliphatic carboxylic acids is 1. The normalized spacial score (nSPS) is 12.9. The summed E-state index contributed by atoms with van der Waals surface area (Å²) < 4.78 is 0. The Labute approximate surface area is 130 Å².